The maximum Gasteiger partial charge on any atom is 0.232 e. The smallest absolute Gasteiger partial charge is 0.232 e. The van der Waals surface area contributed by atoms with Crippen molar-refractivity contribution in [3.8, 4) is 0 Å². The van der Waals surface area contributed by atoms with E-state index in [0.717, 1.165) is 6.26 Å². The van der Waals surface area contributed by atoms with Gasteiger partial charge in [-0.2, -0.15) is 0 Å². The van der Waals surface area contributed by atoms with Gasteiger partial charge in [-0.15, -0.1) is 0 Å². The molecule has 4 nitrogen and oxygen atoms in total. The molecule has 0 saturated carbocycles. The van der Waals surface area contributed by atoms with Gasteiger partial charge in [-0.25, -0.2) is 8.42 Å². The number of carbonyl (C=O) groups is 1. The molecule has 0 unspecified atom stereocenters. The van der Waals surface area contributed by atoms with Gasteiger partial charge in [0.05, 0.1) is 0 Å². The molecule has 0 aliphatic heterocycles. The Morgan fingerprint density at radius 2 is 1.89 bits per heavy atom. The van der Waals surface area contributed by atoms with Crippen molar-refractivity contribution in [2.45, 2.75) is 0 Å². The molecule has 49 valence electrons. The van der Waals surface area contributed by atoms with Crippen LogP contribution in [-0.4, -0.2) is 55.9 Å². The van der Waals surface area contributed by atoms with Crippen LogP contribution in [0.25, 0.3) is 0 Å². The molecule has 1 amide bonds. The minimum absolute atomic E-state index is 0. The van der Waals surface area contributed by atoms with Gasteiger partial charge in [0.2, 0.25) is 5.91 Å². The van der Waals surface area contributed by atoms with Gasteiger partial charge in [0.1, 0.15) is 5.75 Å². The van der Waals surface area contributed by atoms with Gasteiger partial charge in [0.15, 0.2) is 9.84 Å². The minimum Gasteiger partial charge on any atom is -0.369 e. The molecule has 0 heterocycles. The number of sulfone groups is 1. The normalized spacial score (nSPS) is 9.89. The van der Waals surface area contributed by atoms with Gasteiger partial charge >= 0.3 is 0 Å². The summed E-state index contributed by atoms with van der Waals surface area (Å²) in [6.45, 7) is 0. The molecule has 0 atom stereocenters. The average molecular weight is 160 g/mol. The second-order valence-electron chi connectivity index (χ2n) is 1.54. The van der Waals surface area contributed by atoms with Crippen LogP contribution in [0.4, 0.5) is 0 Å². The Labute approximate surface area is 76.0 Å². The van der Waals surface area contributed by atoms with Crippen molar-refractivity contribution < 1.29 is 13.2 Å². The molecule has 9 heavy (non-hydrogen) atoms. The summed E-state index contributed by atoms with van der Waals surface area (Å²) in [5.41, 5.74) is 4.56. The summed E-state index contributed by atoms with van der Waals surface area (Å²) in [7, 11) is -3.20. The number of hydrogen-bond donors (Lipinski definition) is 1. The van der Waals surface area contributed by atoms with Gasteiger partial charge in [-0.3, -0.25) is 4.79 Å². The van der Waals surface area contributed by atoms with E-state index in [-0.39, 0.29) is 29.6 Å². The SMILES string of the molecule is CS(=O)(=O)CC(N)=O.[Na]. The summed E-state index contributed by atoms with van der Waals surface area (Å²) in [6, 6.07) is 0. The molecule has 1 radical (unpaired) electrons. The van der Waals surface area contributed by atoms with E-state index < -0.39 is 21.5 Å². The van der Waals surface area contributed by atoms with Crippen molar-refractivity contribution in [1.82, 2.24) is 0 Å². The molecule has 0 aromatic carbocycles. The Kier molecular flexibility index (Phi) is 5.75. The first-order valence-corrected chi connectivity index (χ1v) is 3.94. The summed E-state index contributed by atoms with van der Waals surface area (Å²) >= 11 is 0. The van der Waals surface area contributed by atoms with Crippen LogP contribution in [0.15, 0.2) is 0 Å². The van der Waals surface area contributed by atoms with E-state index in [2.05, 4.69) is 5.73 Å². The zero-order valence-electron chi connectivity index (χ0n) is 5.42. The average Bonchev–Trinajstić information content (AvgIpc) is 1.21. The molecule has 0 saturated heterocycles. The van der Waals surface area contributed by atoms with Crippen LogP contribution in [0, 0.1) is 0 Å². The Morgan fingerprint density at radius 3 is 1.89 bits per heavy atom. The third-order valence-electron chi connectivity index (χ3n) is 0.404. The van der Waals surface area contributed by atoms with E-state index in [4.69, 9.17) is 0 Å². The second kappa shape index (κ2) is 4.27. The van der Waals surface area contributed by atoms with Crippen LogP contribution >= 0.6 is 0 Å². The van der Waals surface area contributed by atoms with E-state index >= 15 is 0 Å². The van der Waals surface area contributed by atoms with E-state index in [0.29, 0.717) is 0 Å². The summed E-state index contributed by atoms with van der Waals surface area (Å²) in [4.78, 5) is 9.86. The first-order valence-electron chi connectivity index (χ1n) is 1.88. The number of nitrogens with two attached hydrogens (primary N) is 1. The summed E-state index contributed by atoms with van der Waals surface area (Å²) < 4.78 is 20.3. The van der Waals surface area contributed by atoms with Gasteiger partial charge in [0, 0.05) is 35.8 Å². The molecule has 0 aliphatic carbocycles. The Balaban J connectivity index is 0. The van der Waals surface area contributed by atoms with Crippen LogP contribution in [0.1, 0.15) is 0 Å². The summed E-state index contributed by atoms with van der Waals surface area (Å²) in [5, 5.41) is 0. The predicted molar refractivity (Wildman–Crippen MR) is 34.7 cm³/mol. The monoisotopic (exact) mass is 160 g/mol. The standard InChI is InChI=1S/C3H7NO3S.Na/c1-8(6,7)2-3(4)5;/h2H2,1H3,(H2,4,5);. The number of hydrogen-bond acceptors (Lipinski definition) is 3. The van der Waals surface area contributed by atoms with Crippen molar-refractivity contribution in [2.75, 3.05) is 12.0 Å². The largest absolute Gasteiger partial charge is 0.369 e. The van der Waals surface area contributed by atoms with Crippen LogP contribution in [0.5, 0.6) is 0 Å². The van der Waals surface area contributed by atoms with Crippen molar-refractivity contribution in [3.63, 3.8) is 0 Å². The third-order valence-corrected chi connectivity index (χ3v) is 1.21. The maximum atomic E-state index is 10.1. The Morgan fingerprint density at radius 1 is 1.56 bits per heavy atom. The molecule has 0 aliphatic rings. The molecule has 0 aromatic rings. The van der Waals surface area contributed by atoms with Gasteiger partial charge in [0.25, 0.3) is 0 Å². The molecule has 0 rings (SSSR count). The molecular weight excluding hydrogens is 153 g/mol. The van der Waals surface area contributed by atoms with E-state index in [9.17, 15) is 13.2 Å². The van der Waals surface area contributed by atoms with Gasteiger partial charge < -0.3 is 5.73 Å². The number of rotatable bonds is 2. The summed E-state index contributed by atoms with van der Waals surface area (Å²) in [5.74, 6) is -1.38. The van der Waals surface area contributed by atoms with Crippen LogP contribution < -0.4 is 5.73 Å². The Hall–Kier alpha value is 0.420. The molecule has 0 fully saturated rings. The van der Waals surface area contributed by atoms with Gasteiger partial charge in [-0.05, 0) is 0 Å². The molecular formula is C3H7NNaO3S. The molecule has 0 aromatic heterocycles. The number of amides is 1. The second-order valence-corrected chi connectivity index (χ2v) is 3.68. The first-order chi connectivity index (χ1) is 3.42. The number of carbonyl (C=O) groups excluding carboxylic acids is 1. The fraction of sp³-hybridized carbons (Fsp3) is 0.667. The van der Waals surface area contributed by atoms with Crippen molar-refractivity contribution in [3.05, 3.63) is 0 Å². The van der Waals surface area contributed by atoms with Crippen LogP contribution in [0.3, 0.4) is 0 Å². The predicted octanol–water partition coefficient (Wildman–Crippen LogP) is -1.86. The Bertz CT molecular complexity index is 185. The summed E-state index contributed by atoms with van der Waals surface area (Å²) in [6.07, 6.45) is 0.956. The third kappa shape index (κ3) is 11.8. The van der Waals surface area contributed by atoms with Crippen molar-refractivity contribution >= 4 is 45.3 Å². The fourth-order valence-electron chi connectivity index (χ4n) is 0.258. The van der Waals surface area contributed by atoms with E-state index in [1.807, 2.05) is 0 Å². The number of primary amides is 1. The molecule has 0 bridgehead atoms. The van der Waals surface area contributed by atoms with E-state index in [1.165, 1.54) is 0 Å². The maximum absolute atomic E-state index is 10.1. The van der Waals surface area contributed by atoms with Crippen LogP contribution in [0.2, 0.25) is 0 Å². The topological polar surface area (TPSA) is 77.2 Å². The fourth-order valence-corrected chi connectivity index (χ4v) is 0.775. The van der Waals surface area contributed by atoms with Crippen molar-refractivity contribution in [2.24, 2.45) is 5.73 Å². The van der Waals surface area contributed by atoms with Crippen LogP contribution in [-0.2, 0) is 14.6 Å². The molecule has 2 N–H and O–H groups in total. The zero-order chi connectivity index (χ0) is 6.78. The first kappa shape index (κ1) is 12.1. The van der Waals surface area contributed by atoms with E-state index in [1.54, 1.807) is 0 Å². The minimum atomic E-state index is -3.20. The quantitative estimate of drug-likeness (QED) is 0.481. The van der Waals surface area contributed by atoms with Crippen molar-refractivity contribution in [1.29, 1.82) is 0 Å². The molecule has 0 spiro atoms. The van der Waals surface area contributed by atoms with Gasteiger partial charge in [-0.1, -0.05) is 0 Å². The molecule has 6 heteroatoms. The zero-order valence-corrected chi connectivity index (χ0v) is 8.23.